The third kappa shape index (κ3) is 2.54. The molecule has 2 aromatic rings. The molecule has 24 heavy (non-hydrogen) atoms. The third-order valence-electron chi connectivity index (χ3n) is 3.80. The first-order valence-electron chi connectivity index (χ1n) is 7.31. The number of halogens is 1. The third-order valence-corrected chi connectivity index (χ3v) is 3.99. The van der Waals surface area contributed by atoms with Crippen LogP contribution in [0, 0.1) is 10.1 Å². The number of hydrogen-bond donors (Lipinski definition) is 0. The standard InChI is InChI=1S/C15H14ClN5O3/c1-3-6-20-11-5-4-9(21(23)24)7-12(11)19(2)15(22)10-8-13(16)17-18-14(10)20/h4-5,7-8H,3,6H2,1-2H3. The van der Waals surface area contributed by atoms with E-state index < -0.39 is 4.92 Å². The second-order valence-corrected chi connectivity index (χ2v) is 5.74. The molecular formula is C15H14ClN5O3. The van der Waals surface area contributed by atoms with Crippen LogP contribution in [0.25, 0.3) is 0 Å². The highest BCUT2D eigenvalue weighted by Gasteiger charge is 2.31. The van der Waals surface area contributed by atoms with Gasteiger partial charge in [0.15, 0.2) is 11.0 Å². The van der Waals surface area contributed by atoms with E-state index in [2.05, 4.69) is 10.2 Å². The molecule has 1 aliphatic rings. The number of rotatable bonds is 3. The summed E-state index contributed by atoms with van der Waals surface area (Å²) in [6.07, 6.45) is 0.790. The van der Waals surface area contributed by atoms with Crippen molar-refractivity contribution < 1.29 is 9.72 Å². The summed E-state index contributed by atoms with van der Waals surface area (Å²) in [7, 11) is 1.57. The number of hydrogen-bond acceptors (Lipinski definition) is 6. The minimum absolute atomic E-state index is 0.0834. The first kappa shape index (κ1) is 16.1. The highest BCUT2D eigenvalue weighted by Crippen LogP contribution is 2.41. The molecule has 2 heterocycles. The van der Waals surface area contributed by atoms with Gasteiger partial charge in [0, 0.05) is 25.7 Å². The molecule has 0 aliphatic carbocycles. The number of aromatic nitrogens is 2. The molecule has 8 nitrogen and oxygen atoms in total. The van der Waals surface area contributed by atoms with Gasteiger partial charge in [0.05, 0.1) is 21.9 Å². The van der Waals surface area contributed by atoms with Gasteiger partial charge in [-0.15, -0.1) is 10.2 Å². The Morgan fingerprint density at radius 1 is 1.25 bits per heavy atom. The van der Waals surface area contributed by atoms with E-state index in [0.29, 0.717) is 29.3 Å². The van der Waals surface area contributed by atoms with Gasteiger partial charge >= 0.3 is 0 Å². The molecule has 0 radical (unpaired) electrons. The number of nitro benzene ring substituents is 1. The SMILES string of the molecule is CCCN1c2ccc([N+](=O)[O-])cc2N(C)C(=O)c2cc(Cl)nnc21. The number of carbonyl (C=O) groups is 1. The van der Waals surface area contributed by atoms with Gasteiger partial charge in [-0.3, -0.25) is 14.9 Å². The Morgan fingerprint density at radius 2 is 2.00 bits per heavy atom. The average molecular weight is 348 g/mol. The Morgan fingerprint density at radius 3 is 2.67 bits per heavy atom. The maximum atomic E-state index is 12.8. The number of fused-ring (bicyclic) bond motifs is 2. The molecule has 0 saturated heterocycles. The number of nitrogens with zero attached hydrogens (tertiary/aromatic N) is 5. The lowest BCUT2D eigenvalue weighted by atomic mass is 10.2. The van der Waals surface area contributed by atoms with Crippen LogP contribution < -0.4 is 9.80 Å². The zero-order chi connectivity index (χ0) is 17.4. The Hall–Kier alpha value is -2.74. The van der Waals surface area contributed by atoms with Crippen LogP contribution in [0.3, 0.4) is 0 Å². The Labute approximate surface area is 142 Å². The Balaban J connectivity index is 2.28. The van der Waals surface area contributed by atoms with E-state index in [-0.39, 0.29) is 16.7 Å². The smallest absolute Gasteiger partial charge is 0.271 e. The van der Waals surface area contributed by atoms with Crippen molar-refractivity contribution in [2.75, 3.05) is 23.4 Å². The van der Waals surface area contributed by atoms with E-state index in [0.717, 1.165) is 6.42 Å². The normalized spacial score (nSPS) is 13.4. The van der Waals surface area contributed by atoms with Gasteiger partial charge in [0.25, 0.3) is 11.6 Å². The molecule has 0 N–H and O–H groups in total. The fraction of sp³-hybridized carbons (Fsp3) is 0.267. The van der Waals surface area contributed by atoms with E-state index in [9.17, 15) is 14.9 Å². The number of nitro groups is 1. The van der Waals surface area contributed by atoms with E-state index in [1.165, 1.54) is 23.1 Å². The number of amides is 1. The zero-order valence-electron chi connectivity index (χ0n) is 13.1. The minimum Gasteiger partial charge on any atom is -0.322 e. The minimum atomic E-state index is -0.489. The summed E-state index contributed by atoms with van der Waals surface area (Å²) in [4.78, 5) is 26.6. The second-order valence-electron chi connectivity index (χ2n) is 5.35. The van der Waals surface area contributed by atoms with Crippen LogP contribution in [0.1, 0.15) is 23.7 Å². The summed E-state index contributed by atoms with van der Waals surface area (Å²) >= 11 is 5.89. The molecule has 1 aromatic carbocycles. The summed E-state index contributed by atoms with van der Waals surface area (Å²) in [5.74, 6) is 0.0489. The van der Waals surface area contributed by atoms with Crippen LogP contribution in [0.15, 0.2) is 24.3 Å². The van der Waals surface area contributed by atoms with Gasteiger partial charge in [-0.05, 0) is 18.6 Å². The van der Waals surface area contributed by atoms with Crippen LogP contribution >= 0.6 is 11.6 Å². The van der Waals surface area contributed by atoms with Crippen molar-refractivity contribution in [1.82, 2.24) is 10.2 Å². The molecule has 0 spiro atoms. The Bertz CT molecular complexity index is 842. The quantitative estimate of drug-likeness (QED) is 0.625. The van der Waals surface area contributed by atoms with Gasteiger partial charge in [-0.25, -0.2) is 0 Å². The fourth-order valence-electron chi connectivity index (χ4n) is 2.69. The molecule has 9 heteroatoms. The molecule has 1 aliphatic heterocycles. The largest absolute Gasteiger partial charge is 0.322 e. The highest BCUT2D eigenvalue weighted by molar-refractivity contribution is 6.30. The van der Waals surface area contributed by atoms with Gasteiger partial charge in [0.2, 0.25) is 0 Å². The molecule has 1 aromatic heterocycles. The fourth-order valence-corrected chi connectivity index (χ4v) is 2.84. The molecule has 3 rings (SSSR count). The zero-order valence-corrected chi connectivity index (χ0v) is 13.8. The lowest BCUT2D eigenvalue weighted by Gasteiger charge is -2.24. The lowest BCUT2D eigenvalue weighted by molar-refractivity contribution is -0.384. The number of anilines is 3. The topological polar surface area (TPSA) is 92.5 Å². The van der Waals surface area contributed by atoms with Crippen LogP contribution in [0.4, 0.5) is 22.9 Å². The predicted molar refractivity (Wildman–Crippen MR) is 90.2 cm³/mol. The maximum absolute atomic E-state index is 12.8. The van der Waals surface area contributed by atoms with Crippen LogP contribution in [0.5, 0.6) is 0 Å². The van der Waals surface area contributed by atoms with Gasteiger partial charge in [-0.2, -0.15) is 0 Å². The van der Waals surface area contributed by atoms with Crippen molar-refractivity contribution in [2.24, 2.45) is 0 Å². The van der Waals surface area contributed by atoms with Crippen molar-refractivity contribution in [3.63, 3.8) is 0 Å². The number of non-ortho nitro benzene ring substituents is 1. The van der Waals surface area contributed by atoms with Crippen molar-refractivity contribution in [3.8, 4) is 0 Å². The van der Waals surface area contributed by atoms with E-state index >= 15 is 0 Å². The van der Waals surface area contributed by atoms with Crippen molar-refractivity contribution >= 4 is 40.4 Å². The summed E-state index contributed by atoms with van der Waals surface area (Å²) in [5.41, 5.74) is 1.33. The van der Waals surface area contributed by atoms with Crippen molar-refractivity contribution in [2.45, 2.75) is 13.3 Å². The second kappa shape index (κ2) is 6.04. The predicted octanol–water partition coefficient (Wildman–Crippen LogP) is 3.18. The van der Waals surface area contributed by atoms with E-state index in [1.807, 2.05) is 11.8 Å². The molecular weight excluding hydrogens is 334 g/mol. The summed E-state index contributed by atoms with van der Waals surface area (Å²) in [5, 5.41) is 19.1. The van der Waals surface area contributed by atoms with E-state index in [1.54, 1.807) is 13.1 Å². The molecule has 1 amide bonds. The summed E-state index contributed by atoms with van der Waals surface area (Å²) in [6.45, 7) is 2.57. The van der Waals surface area contributed by atoms with Crippen LogP contribution in [-0.4, -0.2) is 34.6 Å². The first-order valence-corrected chi connectivity index (χ1v) is 7.69. The Kier molecular flexibility index (Phi) is 4.06. The first-order chi connectivity index (χ1) is 11.4. The van der Waals surface area contributed by atoms with E-state index in [4.69, 9.17) is 11.6 Å². The lowest BCUT2D eigenvalue weighted by Crippen LogP contribution is -2.25. The number of benzene rings is 1. The molecule has 124 valence electrons. The van der Waals surface area contributed by atoms with Gasteiger partial charge in [0.1, 0.15) is 0 Å². The molecule has 0 saturated carbocycles. The maximum Gasteiger partial charge on any atom is 0.271 e. The van der Waals surface area contributed by atoms with Crippen molar-refractivity contribution in [3.05, 3.63) is 45.1 Å². The van der Waals surface area contributed by atoms with Gasteiger partial charge in [-0.1, -0.05) is 18.5 Å². The highest BCUT2D eigenvalue weighted by atomic mass is 35.5. The van der Waals surface area contributed by atoms with Crippen LogP contribution in [-0.2, 0) is 0 Å². The average Bonchev–Trinajstić information content (AvgIpc) is 2.65. The van der Waals surface area contributed by atoms with Crippen molar-refractivity contribution in [1.29, 1.82) is 0 Å². The number of carbonyl (C=O) groups excluding carboxylic acids is 1. The molecule has 0 bridgehead atoms. The van der Waals surface area contributed by atoms with Crippen LogP contribution in [0.2, 0.25) is 5.15 Å². The summed E-state index contributed by atoms with van der Waals surface area (Å²) < 4.78 is 0. The molecule has 0 unspecified atom stereocenters. The van der Waals surface area contributed by atoms with Gasteiger partial charge < -0.3 is 9.80 Å². The molecule has 0 fully saturated rings. The monoisotopic (exact) mass is 347 g/mol. The summed E-state index contributed by atoms with van der Waals surface area (Å²) in [6, 6.07) is 5.88. The molecule has 0 atom stereocenters.